The molecular weight excluding hydrogens is 412 g/mol. The molecule has 0 saturated carbocycles. The van der Waals surface area contributed by atoms with E-state index in [0.29, 0.717) is 22.0 Å². The predicted octanol–water partition coefficient (Wildman–Crippen LogP) is 4.01. The number of anilines is 3. The summed E-state index contributed by atoms with van der Waals surface area (Å²) < 4.78 is 7.53. The molecule has 0 unspecified atom stereocenters. The third kappa shape index (κ3) is 4.04. The van der Waals surface area contributed by atoms with Crippen LogP contribution in [0.3, 0.4) is 0 Å². The quantitative estimate of drug-likeness (QED) is 0.502. The monoisotopic (exact) mass is 424 g/mol. The third-order valence-electron chi connectivity index (χ3n) is 3.63. The molecule has 134 valence electrons. The van der Waals surface area contributed by atoms with Crippen molar-refractivity contribution in [1.29, 1.82) is 0 Å². The van der Waals surface area contributed by atoms with Crippen molar-refractivity contribution >= 4 is 39.0 Å². The highest BCUT2D eigenvalue weighted by Gasteiger charge is 2.10. The van der Waals surface area contributed by atoms with Gasteiger partial charge in [-0.05, 0) is 52.3 Å². The Bertz CT molecular complexity index is 1060. The van der Waals surface area contributed by atoms with Crippen LogP contribution < -0.4 is 10.6 Å². The Balaban J connectivity index is 1.44. The molecule has 0 bridgehead atoms. The zero-order chi connectivity index (χ0) is 18.6. The molecule has 0 fully saturated rings. The largest absolute Gasteiger partial charge is 0.444 e. The van der Waals surface area contributed by atoms with E-state index in [1.807, 2.05) is 18.2 Å². The third-order valence-corrected chi connectivity index (χ3v) is 4.06. The topological polar surface area (TPSA) is 97.9 Å². The average molecular weight is 425 g/mol. The van der Waals surface area contributed by atoms with Crippen molar-refractivity contribution < 1.29 is 9.21 Å². The molecule has 3 heterocycles. The molecule has 4 aromatic rings. The highest BCUT2D eigenvalue weighted by atomic mass is 79.9. The molecule has 1 aromatic carbocycles. The minimum absolute atomic E-state index is 0.233. The first kappa shape index (κ1) is 17.0. The second kappa shape index (κ2) is 7.42. The molecule has 0 saturated heterocycles. The lowest BCUT2D eigenvalue weighted by molar-refractivity contribution is 0.0995. The van der Waals surface area contributed by atoms with Crippen molar-refractivity contribution in [3.63, 3.8) is 0 Å². The number of benzene rings is 1. The summed E-state index contributed by atoms with van der Waals surface area (Å²) in [5.74, 6) is 1.27. The Hall–Kier alpha value is -3.46. The summed E-state index contributed by atoms with van der Waals surface area (Å²) in [5, 5.41) is 5.97. The number of amides is 1. The van der Waals surface area contributed by atoms with Crippen LogP contribution in [0, 0.1) is 0 Å². The summed E-state index contributed by atoms with van der Waals surface area (Å²) in [6.07, 6.45) is 6.64. The normalized spacial score (nSPS) is 10.6. The van der Waals surface area contributed by atoms with Gasteiger partial charge in [0.05, 0.1) is 0 Å². The molecule has 0 radical (unpaired) electrons. The molecule has 0 aliphatic heterocycles. The van der Waals surface area contributed by atoms with Gasteiger partial charge in [-0.15, -0.1) is 0 Å². The van der Waals surface area contributed by atoms with Crippen molar-refractivity contribution in [3.8, 4) is 5.82 Å². The molecule has 2 N–H and O–H groups in total. The van der Waals surface area contributed by atoms with Crippen molar-refractivity contribution in [1.82, 2.24) is 19.5 Å². The van der Waals surface area contributed by atoms with Crippen LogP contribution in [0.2, 0.25) is 0 Å². The molecule has 3 aromatic heterocycles. The lowest BCUT2D eigenvalue weighted by Gasteiger charge is -2.08. The minimum atomic E-state index is -0.317. The number of hydrogen-bond donors (Lipinski definition) is 2. The second-order valence-corrected chi connectivity index (χ2v) is 6.27. The molecule has 0 aliphatic rings. The van der Waals surface area contributed by atoms with Gasteiger partial charge in [-0.2, -0.15) is 0 Å². The van der Waals surface area contributed by atoms with Gasteiger partial charge in [0.2, 0.25) is 0 Å². The SMILES string of the molecule is O=C(Nc1ccc(Nc2cc(-n3ccnc3)ncn2)cc1)c1ccc(Br)o1. The van der Waals surface area contributed by atoms with Crippen LogP contribution in [-0.4, -0.2) is 25.4 Å². The van der Waals surface area contributed by atoms with Crippen LogP contribution >= 0.6 is 15.9 Å². The fourth-order valence-electron chi connectivity index (χ4n) is 2.37. The van der Waals surface area contributed by atoms with Gasteiger partial charge < -0.3 is 15.1 Å². The van der Waals surface area contributed by atoms with E-state index >= 15 is 0 Å². The highest BCUT2D eigenvalue weighted by molar-refractivity contribution is 9.10. The zero-order valence-corrected chi connectivity index (χ0v) is 15.4. The van der Waals surface area contributed by atoms with Crippen LogP contribution in [0.1, 0.15) is 10.6 Å². The van der Waals surface area contributed by atoms with E-state index in [1.54, 1.807) is 47.6 Å². The summed E-state index contributed by atoms with van der Waals surface area (Å²) >= 11 is 3.17. The summed E-state index contributed by atoms with van der Waals surface area (Å²) in [4.78, 5) is 24.5. The number of halogens is 1. The molecule has 0 aliphatic carbocycles. The van der Waals surface area contributed by atoms with Gasteiger partial charge in [-0.3, -0.25) is 9.36 Å². The van der Waals surface area contributed by atoms with Gasteiger partial charge in [-0.1, -0.05) is 0 Å². The van der Waals surface area contributed by atoms with E-state index in [2.05, 4.69) is 41.5 Å². The number of nitrogens with one attached hydrogen (secondary N) is 2. The fourth-order valence-corrected chi connectivity index (χ4v) is 2.67. The van der Waals surface area contributed by atoms with Crippen molar-refractivity contribution in [2.24, 2.45) is 0 Å². The van der Waals surface area contributed by atoms with Gasteiger partial charge in [0.1, 0.15) is 24.3 Å². The van der Waals surface area contributed by atoms with Crippen molar-refractivity contribution in [3.05, 3.63) is 77.9 Å². The van der Waals surface area contributed by atoms with E-state index in [1.165, 1.54) is 6.33 Å². The number of imidazole rings is 1. The maximum absolute atomic E-state index is 12.1. The van der Waals surface area contributed by atoms with Crippen LogP contribution in [0.15, 0.2) is 76.6 Å². The molecule has 0 atom stereocenters. The van der Waals surface area contributed by atoms with Crippen molar-refractivity contribution in [2.45, 2.75) is 0 Å². The summed E-state index contributed by atoms with van der Waals surface area (Å²) in [7, 11) is 0. The number of carbonyl (C=O) groups excluding carboxylic acids is 1. The van der Waals surface area contributed by atoms with Crippen LogP contribution in [0.25, 0.3) is 5.82 Å². The zero-order valence-electron chi connectivity index (χ0n) is 13.8. The maximum atomic E-state index is 12.1. The van der Waals surface area contributed by atoms with E-state index in [4.69, 9.17) is 4.42 Å². The van der Waals surface area contributed by atoms with Gasteiger partial charge in [0, 0.05) is 29.8 Å². The summed E-state index contributed by atoms with van der Waals surface area (Å²) in [5.41, 5.74) is 1.48. The molecule has 1 amide bonds. The first-order chi connectivity index (χ1) is 13.2. The van der Waals surface area contributed by atoms with E-state index in [9.17, 15) is 4.79 Å². The average Bonchev–Trinajstić information content (AvgIpc) is 3.35. The number of nitrogens with zero attached hydrogens (tertiary/aromatic N) is 4. The number of carbonyl (C=O) groups is 1. The highest BCUT2D eigenvalue weighted by Crippen LogP contribution is 2.20. The van der Waals surface area contributed by atoms with Gasteiger partial charge in [0.25, 0.3) is 5.91 Å². The predicted molar refractivity (Wildman–Crippen MR) is 103 cm³/mol. The lowest BCUT2D eigenvalue weighted by Crippen LogP contribution is -2.10. The molecule has 4 rings (SSSR count). The lowest BCUT2D eigenvalue weighted by atomic mass is 10.2. The standard InChI is InChI=1S/C18H13BrN6O2/c19-15-6-5-14(27-15)18(26)24-13-3-1-12(2-4-13)23-16-9-17(22-10-21-16)25-8-7-20-11-25/h1-11H,(H,24,26)(H,21,22,23). The number of furan rings is 1. The van der Waals surface area contributed by atoms with Crippen LogP contribution in [0.4, 0.5) is 17.2 Å². The van der Waals surface area contributed by atoms with Crippen LogP contribution in [0.5, 0.6) is 0 Å². The van der Waals surface area contributed by atoms with E-state index in [0.717, 1.165) is 5.69 Å². The number of hydrogen-bond acceptors (Lipinski definition) is 6. The van der Waals surface area contributed by atoms with Crippen LogP contribution in [-0.2, 0) is 0 Å². The maximum Gasteiger partial charge on any atom is 0.291 e. The van der Waals surface area contributed by atoms with Gasteiger partial charge in [-0.25, -0.2) is 15.0 Å². The minimum Gasteiger partial charge on any atom is -0.444 e. The Labute approximate surface area is 162 Å². The van der Waals surface area contributed by atoms with Gasteiger partial charge >= 0.3 is 0 Å². The molecule has 9 heteroatoms. The number of rotatable bonds is 5. The Kier molecular flexibility index (Phi) is 4.67. The molecule has 0 spiro atoms. The molecular formula is C18H13BrN6O2. The smallest absolute Gasteiger partial charge is 0.291 e. The summed E-state index contributed by atoms with van der Waals surface area (Å²) in [6.45, 7) is 0. The Morgan fingerprint density at radius 2 is 1.89 bits per heavy atom. The Morgan fingerprint density at radius 1 is 1.07 bits per heavy atom. The van der Waals surface area contributed by atoms with Gasteiger partial charge in [0.15, 0.2) is 10.4 Å². The number of aromatic nitrogens is 4. The molecule has 27 heavy (non-hydrogen) atoms. The van der Waals surface area contributed by atoms with Crippen molar-refractivity contribution in [2.75, 3.05) is 10.6 Å². The second-order valence-electron chi connectivity index (χ2n) is 5.49. The Morgan fingerprint density at radius 3 is 2.59 bits per heavy atom. The fraction of sp³-hybridized carbons (Fsp3) is 0. The first-order valence-electron chi connectivity index (χ1n) is 7.91. The molecule has 8 nitrogen and oxygen atoms in total. The van der Waals surface area contributed by atoms with E-state index in [-0.39, 0.29) is 11.7 Å². The first-order valence-corrected chi connectivity index (χ1v) is 8.71. The summed E-state index contributed by atoms with van der Waals surface area (Å²) in [6, 6.07) is 12.3. The van der Waals surface area contributed by atoms with E-state index < -0.39 is 0 Å².